The van der Waals surface area contributed by atoms with Gasteiger partial charge < -0.3 is 9.88 Å². The second-order valence-electron chi connectivity index (χ2n) is 6.17. The third-order valence-electron chi connectivity index (χ3n) is 4.28. The van der Waals surface area contributed by atoms with E-state index in [-0.39, 0.29) is 11.5 Å². The molecule has 2 N–H and O–H groups in total. The van der Waals surface area contributed by atoms with Crippen molar-refractivity contribution < 1.29 is 4.79 Å². The van der Waals surface area contributed by atoms with Gasteiger partial charge in [0, 0.05) is 12.6 Å². The summed E-state index contributed by atoms with van der Waals surface area (Å²) in [6.45, 7) is 3.38. The van der Waals surface area contributed by atoms with E-state index in [0.717, 1.165) is 5.56 Å². The van der Waals surface area contributed by atoms with Crippen LogP contribution in [0, 0.1) is 13.8 Å². The molecule has 0 aliphatic heterocycles. The summed E-state index contributed by atoms with van der Waals surface area (Å²) in [5.41, 5.74) is 1.30. The summed E-state index contributed by atoms with van der Waals surface area (Å²) in [6, 6.07) is 9.55. The van der Waals surface area contributed by atoms with Gasteiger partial charge in [0.05, 0.1) is 11.9 Å². The summed E-state index contributed by atoms with van der Waals surface area (Å²) in [5, 5.41) is 5.46. The third kappa shape index (κ3) is 2.78. The molecule has 136 valence electrons. The van der Waals surface area contributed by atoms with Crippen LogP contribution in [0.15, 0.2) is 41.3 Å². The summed E-state index contributed by atoms with van der Waals surface area (Å²) < 4.78 is 2.89. The van der Waals surface area contributed by atoms with Crippen LogP contribution in [0.25, 0.3) is 17.2 Å². The molecule has 0 atom stereocenters. The van der Waals surface area contributed by atoms with Crippen LogP contribution in [-0.4, -0.2) is 35.0 Å². The first kappa shape index (κ1) is 16.7. The summed E-state index contributed by atoms with van der Waals surface area (Å²) >= 11 is 0. The van der Waals surface area contributed by atoms with E-state index in [2.05, 4.69) is 25.4 Å². The highest BCUT2D eigenvalue weighted by Crippen LogP contribution is 2.19. The summed E-state index contributed by atoms with van der Waals surface area (Å²) in [6.07, 6.45) is 1.48. The summed E-state index contributed by atoms with van der Waals surface area (Å²) in [5.74, 6) is 1.04. The molecule has 3 aromatic heterocycles. The Morgan fingerprint density at radius 1 is 1.15 bits per heavy atom. The van der Waals surface area contributed by atoms with E-state index >= 15 is 0 Å². The number of rotatable bonds is 3. The van der Waals surface area contributed by atoms with Crippen molar-refractivity contribution in [2.24, 2.45) is 7.05 Å². The lowest BCUT2D eigenvalue weighted by Crippen LogP contribution is -2.26. The van der Waals surface area contributed by atoms with Gasteiger partial charge in [0.1, 0.15) is 23.0 Å². The average molecular weight is 363 g/mol. The molecule has 9 nitrogen and oxygen atoms in total. The zero-order valence-corrected chi connectivity index (χ0v) is 15.0. The standard InChI is InChI=1S/C18H17N7O2/c1-10-14(17(27)25-18(20-10)21-11(2)23-25)22-16(26)13-9-19-15(24(13)3)12-7-5-4-6-8-12/h4-9H,1-3H3,(H,22,26)(H,20,21,23). The molecule has 0 unspecified atom stereocenters. The van der Waals surface area contributed by atoms with Crippen LogP contribution in [0.5, 0.6) is 0 Å². The molecule has 4 rings (SSSR count). The van der Waals surface area contributed by atoms with Crippen LogP contribution in [0.1, 0.15) is 22.0 Å². The molecule has 27 heavy (non-hydrogen) atoms. The smallest absolute Gasteiger partial charge is 0.298 e. The number of carbonyl (C=O) groups is 1. The molecule has 0 fully saturated rings. The minimum atomic E-state index is -0.439. The first-order valence-corrected chi connectivity index (χ1v) is 8.30. The Kier molecular flexibility index (Phi) is 3.84. The molecule has 0 saturated heterocycles. The number of benzene rings is 1. The van der Waals surface area contributed by atoms with E-state index in [1.165, 1.54) is 10.7 Å². The van der Waals surface area contributed by atoms with Crippen molar-refractivity contribution in [1.82, 2.24) is 29.1 Å². The Morgan fingerprint density at radius 2 is 1.89 bits per heavy atom. The highest BCUT2D eigenvalue weighted by Gasteiger charge is 2.19. The van der Waals surface area contributed by atoms with Crippen molar-refractivity contribution in [2.75, 3.05) is 5.32 Å². The predicted molar refractivity (Wildman–Crippen MR) is 99.7 cm³/mol. The number of amides is 1. The number of fused-ring (bicyclic) bond motifs is 1. The molecule has 3 heterocycles. The molecule has 0 bridgehead atoms. The number of nitrogens with one attached hydrogen (secondary N) is 2. The monoisotopic (exact) mass is 363 g/mol. The number of carbonyl (C=O) groups excluding carboxylic acids is 1. The average Bonchev–Trinajstić information content (AvgIpc) is 3.21. The highest BCUT2D eigenvalue weighted by atomic mass is 16.2. The Hall–Kier alpha value is -3.75. The number of H-pyrrole nitrogens is 1. The molecule has 9 heteroatoms. The minimum Gasteiger partial charge on any atom is -0.323 e. The van der Waals surface area contributed by atoms with E-state index in [1.54, 1.807) is 25.5 Å². The van der Waals surface area contributed by atoms with E-state index in [1.807, 2.05) is 30.3 Å². The number of hydrogen-bond acceptors (Lipinski definition) is 5. The number of aryl methyl sites for hydroxylation is 2. The molecule has 0 saturated carbocycles. The van der Waals surface area contributed by atoms with Crippen LogP contribution in [0.3, 0.4) is 0 Å². The first-order valence-electron chi connectivity index (χ1n) is 8.30. The van der Waals surface area contributed by atoms with Crippen LogP contribution in [0.2, 0.25) is 0 Å². The maximum Gasteiger partial charge on any atom is 0.298 e. The fourth-order valence-electron chi connectivity index (χ4n) is 2.92. The van der Waals surface area contributed by atoms with Crippen molar-refractivity contribution >= 4 is 17.4 Å². The van der Waals surface area contributed by atoms with Gasteiger partial charge in [-0.05, 0) is 13.8 Å². The largest absolute Gasteiger partial charge is 0.323 e. The van der Waals surface area contributed by atoms with Crippen molar-refractivity contribution in [1.29, 1.82) is 0 Å². The van der Waals surface area contributed by atoms with Gasteiger partial charge in [-0.1, -0.05) is 30.3 Å². The zero-order valence-electron chi connectivity index (χ0n) is 15.0. The number of aromatic nitrogens is 6. The quantitative estimate of drug-likeness (QED) is 0.575. The summed E-state index contributed by atoms with van der Waals surface area (Å²) in [7, 11) is 1.75. The van der Waals surface area contributed by atoms with Gasteiger partial charge in [-0.3, -0.25) is 14.7 Å². The maximum atomic E-state index is 12.8. The van der Waals surface area contributed by atoms with Gasteiger partial charge in [0.25, 0.3) is 17.2 Å². The Balaban J connectivity index is 1.71. The lowest BCUT2D eigenvalue weighted by molar-refractivity contribution is 0.101. The van der Waals surface area contributed by atoms with E-state index < -0.39 is 11.5 Å². The van der Waals surface area contributed by atoms with E-state index in [9.17, 15) is 9.59 Å². The van der Waals surface area contributed by atoms with E-state index in [0.29, 0.717) is 23.0 Å². The molecule has 0 aliphatic carbocycles. The van der Waals surface area contributed by atoms with Crippen molar-refractivity contribution in [3.05, 3.63) is 64.1 Å². The molecule has 0 spiro atoms. The summed E-state index contributed by atoms with van der Waals surface area (Å²) in [4.78, 5) is 38.1. The van der Waals surface area contributed by atoms with Gasteiger partial charge in [0.2, 0.25) is 0 Å². The molecule has 4 aromatic rings. The molecular weight excluding hydrogens is 346 g/mol. The van der Waals surface area contributed by atoms with Gasteiger partial charge in [0.15, 0.2) is 0 Å². The molecule has 0 aliphatic rings. The number of aromatic amines is 1. The molecular formula is C18H17N7O2. The Labute approximate surface area is 153 Å². The number of imidazole rings is 1. The molecule has 1 amide bonds. The molecule has 0 radical (unpaired) electrons. The fourth-order valence-corrected chi connectivity index (χ4v) is 2.92. The lowest BCUT2D eigenvalue weighted by Gasteiger charge is -2.08. The number of nitrogens with zero attached hydrogens (tertiary/aromatic N) is 5. The predicted octanol–water partition coefficient (Wildman–Crippen LogP) is 1.69. The third-order valence-corrected chi connectivity index (χ3v) is 4.28. The normalized spacial score (nSPS) is 11.1. The van der Waals surface area contributed by atoms with Crippen LogP contribution < -0.4 is 10.9 Å². The van der Waals surface area contributed by atoms with Gasteiger partial charge in [-0.15, -0.1) is 0 Å². The zero-order chi connectivity index (χ0) is 19.1. The van der Waals surface area contributed by atoms with Gasteiger partial charge in [-0.25, -0.2) is 9.97 Å². The topological polar surface area (TPSA) is 110 Å². The number of hydrogen-bond donors (Lipinski definition) is 2. The van der Waals surface area contributed by atoms with Crippen molar-refractivity contribution in [3.8, 4) is 11.4 Å². The second kappa shape index (κ2) is 6.20. The van der Waals surface area contributed by atoms with Gasteiger partial charge in [-0.2, -0.15) is 9.50 Å². The lowest BCUT2D eigenvalue weighted by atomic mass is 10.2. The van der Waals surface area contributed by atoms with Crippen molar-refractivity contribution in [2.45, 2.75) is 13.8 Å². The number of anilines is 1. The van der Waals surface area contributed by atoms with Crippen molar-refractivity contribution in [3.63, 3.8) is 0 Å². The van der Waals surface area contributed by atoms with Gasteiger partial charge >= 0.3 is 0 Å². The highest BCUT2D eigenvalue weighted by molar-refractivity contribution is 6.03. The SMILES string of the molecule is Cc1nc2nc(C)c(NC(=O)c3cnc(-c4ccccc4)n3C)c(=O)n2[nH]1. The Bertz CT molecular complexity index is 1220. The Morgan fingerprint density at radius 3 is 2.63 bits per heavy atom. The maximum absolute atomic E-state index is 12.8. The fraction of sp³-hybridized carbons (Fsp3) is 0.167. The van der Waals surface area contributed by atoms with E-state index in [4.69, 9.17) is 0 Å². The van der Waals surface area contributed by atoms with Crippen LogP contribution >= 0.6 is 0 Å². The van der Waals surface area contributed by atoms with Crippen LogP contribution in [-0.2, 0) is 7.05 Å². The second-order valence-corrected chi connectivity index (χ2v) is 6.17. The minimum absolute atomic E-state index is 0.101. The first-order chi connectivity index (χ1) is 13.0. The molecule has 1 aromatic carbocycles. The van der Waals surface area contributed by atoms with Crippen LogP contribution in [0.4, 0.5) is 5.69 Å².